The summed E-state index contributed by atoms with van der Waals surface area (Å²) in [5.74, 6) is 0.825. The summed E-state index contributed by atoms with van der Waals surface area (Å²) in [4.78, 5) is 0. The Morgan fingerprint density at radius 2 is 2.06 bits per heavy atom. The molecule has 0 saturated carbocycles. The third-order valence-electron chi connectivity index (χ3n) is 2.62. The van der Waals surface area contributed by atoms with Crippen molar-refractivity contribution >= 4 is 0 Å². The summed E-state index contributed by atoms with van der Waals surface area (Å²) >= 11 is 0. The van der Waals surface area contributed by atoms with E-state index in [1.165, 1.54) is 12.8 Å². The van der Waals surface area contributed by atoms with Crippen molar-refractivity contribution in [3.63, 3.8) is 0 Å². The number of rotatable bonds is 6. The summed E-state index contributed by atoms with van der Waals surface area (Å²) < 4.78 is 5.72. The zero-order chi connectivity index (χ0) is 12.0. The van der Waals surface area contributed by atoms with Crippen LogP contribution in [-0.2, 0) is 0 Å². The van der Waals surface area contributed by atoms with Gasteiger partial charge in [-0.25, -0.2) is 0 Å². The van der Waals surface area contributed by atoms with E-state index in [0.717, 1.165) is 29.9 Å². The first-order chi connectivity index (χ1) is 7.65. The van der Waals surface area contributed by atoms with Crippen LogP contribution in [0.25, 0.3) is 0 Å². The molecular formula is C14H22O2. The van der Waals surface area contributed by atoms with E-state index >= 15 is 0 Å². The van der Waals surface area contributed by atoms with Gasteiger partial charge in [-0.1, -0.05) is 31.9 Å². The molecule has 0 saturated heterocycles. The molecule has 1 N–H and O–H groups in total. The number of aliphatic hydroxyl groups is 1. The summed E-state index contributed by atoms with van der Waals surface area (Å²) in [5.41, 5.74) is 2.04. The molecule has 16 heavy (non-hydrogen) atoms. The van der Waals surface area contributed by atoms with Crippen molar-refractivity contribution in [2.75, 3.05) is 6.61 Å². The maximum absolute atomic E-state index is 9.62. The van der Waals surface area contributed by atoms with Gasteiger partial charge in [0.25, 0.3) is 0 Å². The van der Waals surface area contributed by atoms with Crippen LogP contribution in [0.2, 0.25) is 0 Å². The molecule has 90 valence electrons. The fraction of sp³-hybridized carbons (Fsp3) is 0.571. The van der Waals surface area contributed by atoms with Crippen molar-refractivity contribution < 1.29 is 9.84 Å². The Hall–Kier alpha value is -1.02. The van der Waals surface area contributed by atoms with Gasteiger partial charge in [0.05, 0.1) is 12.7 Å². The second-order valence-corrected chi connectivity index (χ2v) is 4.27. The molecular weight excluding hydrogens is 200 g/mol. The first-order valence-electron chi connectivity index (χ1n) is 6.06. The number of benzene rings is 1. The lowest BCUT2D eigenvalue weighted by atomic mass is 10.1. The molecule has 0 heterocycles. The molecule has 2 nitrogen and oxygen atoms in total. The highest BCUT2D eigenvalue weighted by atomic mass is 16.5. The minimum Gasteiger partial charge on any atom is -0.493 e. The Bertz CT molecular complexity index is 319. The number of hydrogen-bond acceptors (Lipinski definition) is 2. The van der Waals surface area contributed by atoms with Gasteiger partial charge < -0.3 is 9.84 Å². The standard InChI is InChI=1S/C14H22O2/c1-4-5-6-9-16-14-10-11(2)7-8-13(14)12(3)15/h7-8,10,12,15H,4-6,9H2,1-3H3/t12-/m0/s1. The van der Waals surface area contributed by atoms with Crippen molar-refractivity contribution in [2.24, 2.45) is 0 Å². The lowest BCUT2D eigenvalue weighted by Crippen LogP contribution is -2.02. The fourth-order valence-corrected chi connectivity index (χ4v) is 1.65. The maximum atomic E-state index is 9.62. The molecule has 1 atom stereocenters. The number of hydrogen-bond donors (Lipinski definition) is 1. The fourth-order valence-electron chi connectivity index (χ4n) is 1.65. The number of aliphatic hydroxyl groups excluding tert-OH is 1. The SMILES string of the molecule is CCCCCOc1cc(C)ccc1[C@H](C)O. The minimum atomic E-state index is -0.471. The second kappa shape index (κ2) is 6.54. The highest BCUT2D eigenvalue weighted by Crippen LogP contribution is 2.26. The van der Waals surface area contributed by atoms with Crippen LogP contribution in [0, 0.1) is 6.92 Å². The van der Waals surface area contributed by atoms with Crippen LogP contribution in [0.1, 0.15) is 50.3 Å². The molecule has 0 aliphatic carbocycles. The van der Waals surface area contributed by atoms with E-state index in [9.17, 15) is 5.11 Å². The van der Waals surface area contributed by atoms with Gasteiger partial charge in [0, 0.05) is 5.56 Å². The van der Waals surface area contributed by atoms with Crippen LogP contribution in [0.5, 0.6) is 5.75 Å². The Morgan fingerprint density at radius 1 is 1.31 bits per heavy atom. The molecule has 1 rings (SSSR count). The lowest BCUT2D eigenvalue weighted by Gasteiger charge is -2.14. The molecule has 0 unspecified atom stereocenters. The Labute approximate surface area is 98.3 Å². The monoisotopic (exact) mass is 222 g/mol. The molecule has 0 spiro atoms. The van der Waals surface area contributed by atoms with Crippen molar-refractivity contribution in [1.29, 1.82) is 0 Å². The molecule has 1 aromatic rings. The zero-order valence-electron chi connectivity index (χ0n) is 10.5. The summed E-state index contributed by atoms with van der Waals surface area (Å²) in [5, 5.41) is 9.62. The van der Waals surface area contributed by atoms with E-state index in [2.05, 4.69) is 6.92 Å². The quantitative estimate of drug-likeness (QED) is 0.745. The van der Waals surface area contributed by atoms with E-state index in [-0.39, 0.29) is 0 Å². The van der Waals surface area contributed by atoms with Gasteiger partial charge in [-0.3, -0.25) is 0 Å². The van der Waals surface area contributed by atoms with E-state index in [1.807, 2.05) is 25.1 Å². The van der Waals surface area contributed by atoms with Crippen LogP contribution in [-0.4, -0.2) is 11.7 Å². The van der Waals surface area contributed by atoms with Crippen LogP contribution >= 0.6 is 0 Å². The van der Waals surface area contributed by atoms with Gasteiger partial charge in [-0.05, 0) is 31.9 Å². The average molecular weight is 222 g/mol. The number of aryl methyl sites for hydroxylation is 1. The van der Waals surface area contributed by atoms with Gasteiger partial charge in [-0.2, -0.15) is 0 Å². The van der Waals surface area contributed by atoms with Gasteiger partial charge >= 0.3 is 0 Å². The molecule has 0 bridgehead atoms. The van der Waals surface area contributed by atoms with E-state index in [0.29, 0.717) is 0 Å². The van der Waals surface area contributed by atoms with E-state index in [4.69, 9.17) is 4.74 Å². The highest BCUT2D eigenvalue weighted by molar-refractivity contribution is 5.38. The van der Waals surface area contributed by atoms with Gasteiger partial charge in [0.15, 0.2) is 0 Å². The van der Waals surface area contributed by atoms with Crippen molar-refractivity contribution in [3.05, 3.63) is 29.3 Å². The predicted octanol–water partition coefficient (Wildman–Crippen LogP) is 3.62. The first-order valence-corrected chi connectivity index (χ1v) is 6.06. The third-order valence-corrected chi connectivity index (χ3v) is 2.62. The van der Waals surface area contributed by atoms with Gasteiger partial charge in [0.2, 0.25) is 0 Å². The smallest absolute Gasteiger partial charge is 0.125 e. The van der Waals surface area contributed by atoms with Gasteiger partial charge in [0.1, 0.15) is 5.75 Å². The van der Waals surface area contributed by atoms with Crippen LogP contribution in [0.4, 0.5) is 0 Å². The number of ether oxygens (including phenoxy) is 1. The first kappa shape index (κ1) is 13.0. The molecule has 0 radical (unpaired) electrons. The second-order valence-electron chi connectivity index (χ2n) is 4.27. The topological polar surface area (TPSA) is 29.5 Å². The molecule has 0 fully saturated rings. The van der Waals surface area contributed by atoms with E-state index < -0.39 is 6.10 Å². The zero-order valence-corrected chi connectivity index (χ0v) is 10.5. The number of unbranched alkanes of at least 4 members (excludes halogenated alkanes) is 2. The van der Waals surface area contributed by atoms with Crippen molar-refractivity contribution in [2.45, 2.75) is 46.1 Å². The molecule has 0 aliphatic heterocycles. The summed E-state index contributed by atoms with van der Waals surface area (Å²) in [6.07, 6.45) is 2.99. The third kappa shape index (κ3) is 3.86. The van der Waals surface area contributed by atoms with Crippen LogP contribution in [0.3, 0.4) is 0 Å². The largest absolute Gasteiger partial charge is 0.493 e. The Kier molecular flexibility index (Phi) is 5.33. The normalized spacial score (nSPS) is 12.5. The maximum Gasteiger partial charge on any atom is 0.125 e. The summed E-state index contributed by atoms with van der Waals surface area (Å²) in [7, 11) is 0. The molecule has 1 aromatic carbocycles. The molecule has 2 heteroatoms. The van der Waals surface area contributed by atoms with Crippen molar-refractivity contribution in [3.8, 4) is 5.75 Å². The molecule has 0 aliphatic rings. The predicted molar refractivity (Wildman–Crippen MR) is 66.8 cm³/mol. The minimum absolute atomic E-state index is 0.471. The Balaban J connectivity index is 2.65. The van der Waals surface area contributed by atoms with Crippen LogP contribution in [0.15, 0.2) is 18.2 Å². The average Bonchev–Trinajstić information content (AvgIpc) is 2.24. The summed E-state index contributed by atoms with van der Waals surface area (Å²) in [6, 6.07) is 5.93. The lowest BCUT2D eigenvalue weighted by molar-refractivity contribution is 0.190. The summed E-state index contributed by atoms with van der Waals surface area (Å²) in [6.45, 7) is 6.71. The Morgan fingerprint density at radius 3 is 2.69 bits per heavy atom. The van der Waals surface area contributed by atoms with Crippen LogP contribution < -0.4 is 4.74 Å². The van der Waals surface area contributed by atoms with Gasteiger partial charge in [-0.15, -0.1) is 0 Å². The molecule has 0 aromatic heterocycles. The van der Waals surface area contributed by atoms with E-state index in [1.54, 1.807) is 6.92 Å². The highest BCUT2D eigenvalue weighted by Gasteiger charge is 2.08. The molecule has 0 amide bonds. The van der Waals surface area contributed by atoms with Crippen molar-refractivity contribution in [1.82, 2.24) is 0 Å².